The number of anilines is 2. The lowest BCUT2D eigenvalue weighted by Gasteiger charge is -2.27. The summed E-state index contributed by atoms with van der Waals surface area (Å²) in [5.41, 5.74) is 2.70. The van der Waals surface area contributed by atoms with Crippen molar-refractivity contribution in [1.29, 1.82) is 0 Å². The van der Waals surface area contributed by atoms with E-state index in [4.69, 9.17) is 21.3 Å². The van der Waals surface area contributed by atoms with E-state index in [0.717, 1.165) is 5.56 Å². The maximum absolute atomic E-state index is 13.3. The number of carbonyl (C=O) groups is 1. The fraction of sp³-hybridized carbons (Fsp3) is 0.273. The van der Waals surface area contributed by atoms with Crippen LogP contribution in [0.5, 0.6) is 0 Å². The van der Waals surface area contributed by atoms with Gasteiger partial charge in [0.15, 0.2) is 5.82 Å². The van der Waals surface area contributed by atoms with Crippen LogP contribution in [0, 0.1) is 6.92 Å². The minimum absolute atomic E-state index is 0.233. The highest BCUT2D eigenvalue weighted by molar-refractivity contribution is 6.31. The predicted octanol–water partition coefficient (Wildman–Crippen LogP) is 2.48. The Balaban J connectivity index is 1.56. The molecule has 0 saturated carbocycles. The van der Waals surface area contributed by atoms with Gasteiger partial charge in [0.25, 0.3) is 0 Å². The van der Waals surface area contributed by atoms with E-state index >= 15 is 0 Å². The molecule has 10 heteroatoms. The molecule has 32 heavy (non-hydrogen) atoms. The van der Waals surface area contributed by atoms with E-state index in [0.29, 0.717) is 59.5 Å². The van der Waals surface area contributed by atoms with Gasteiger partial charge in [-0.2, -0.15) is 0 Å². The number of amides is 1. The summed E-state index contributed by atoms with van der Waals surface area (Å²) < 4.78 is 8.14. The summed E-state index contributed by atoms with van der Waals surface area (Å²) in [5, 5.41) is 7.86. The molecule has 3 heterocycles. The molecule has 1 saturated heterocycles. The van der Waals surface area contributed by atoms with Gasteiger partial charge < -0.3 is 15.0 Å². The first kappa shape index (κ1) is 20.5. The normalized spacial score (nSPS) is 14.2. The lowest BCUT2D eigenvalue weighted by molar-refractivity contribution is -0.117. The Morgan fingerprint density at radius 2 is 1.94 bits per heavy atom. The highest BCUT2D eigenvalue weighted by Crippen LogP contribution is 2.24. The van der Waals surface area contributed by atoms with Crippen molar-refractivity contribution in [2.45, 2.75) is 13.5 Å². The first-order chi connectivity index (χ1) is 15.5. The summed E-state index contributed by atoms with van der Waals surface area (Å²) in [5.74, 6) is 0.236. The molecule has 5 rings (SSSR count). The third-order valence-electron chi connectivity index (χ3n) is 5.53. The summed E-state index contributed by atoms with van der Waals surface area (Å²) in [6, 6.07) is 12.7. The van der Waals surface area contributed by atoms with Crippen molar-refractivity contribution < 1.29 is 9.53 Å². The molecule has 2 aromatic carbocycles. The number of rotatable bonds is 4. The van der Waals surface area contributed by atoms with Crippen molar-refractivity contribution in [2.75, 3.05) is 36.5 Å². The van der Waals surface area contributed by atoms with Crippen LogP contribution in [-0.4, -0.2) is 51.4 Å². The van der Waals surface area contributed by atoms with Crippen LogP contribution in [0.3, 0.4) is 0 Å². The van der Waals surface area contributed by atoms with E-state index in [1.807, 2.05) is 31.2 Å². The number of carbonyl (C=O) groups excluding carboxylic acids is 1. The van der Waals surface area contributed by atoms with Crippen LogP contribution in [0.2, 0.25) is 5.02 Å². The van der Waals surface area contributed by atoms with E-state index in [1.54, 1.807) is 18.2 Å². The van der Waals surface area contributed by atoms with E-state index in [-0.39, 0.29) is 12.5 Å². The Bertz CT molecular complexity index is 1390. The SMILES string of the molecule is Cc1c(Cl)cccc1NC(=O)Cn1nc2c(N3CCOCC3)nc3ccccc3n2c1=O. The topological polar surface area (TPSA) is 93.8 Å². The van der Waals surface area contributed by atoms with Gasteiger partial charge in [-0.25, -0.2) is 18.9 Å². The number of fused-ring (bicyclic) bond motifs is 3. The van der Waals surface area contributed by atoms with Gasteiger partial charge in [-0.3, -0.25) is 4.79 Å². The van der Waals surface area contributed by atoms with Crippen molar-refractivity contribution in [3.05, 3.63) is 63.5 Å². The summed E-state index contributed by atoms with van der Waals surface area (Å²) >= 11 is 6.14. The largest absolute Gasteiger partial charge is 0.378 e. The number of hydrogen-bond acceptors (Lipinski definition) is 6. The van der Waals surface area contributed by atoms with Gasteiger partial charge >= 0.3 is 5.69 Å². The van der Waals surface area contributed by atoms with Crippen LogP contribution < -0.4 is 15.9 Å². The molecular weight excluding hydrogens is 432 g/mol. The van der Waals surface area contributed by atoms with E-state index < -0.39 is 5.69 Å². The highest BCUT2D eigenvalue weighted by Gasteiger charge is 2.22. The quantitative estimate of drug-likeness (QED) is 0.511. The third-order valence-corrected chi connectivity index (χ3v) is 5.94. The number of para-hydroxylation sites is 2. The fourth-order valence-electron chi connectivity index (χ4n) is 3.84. The maximum atomic E-state index is 13.3. The fourth-order valence-corrected chi connectivity index (χ4v) is 4.02. The van der Waals surface area contributed by atoms with Gasteiger partial charge in [-0.05, 0) is 36.8 Å². The number of nitrogens with one attached hydrogen (secondary N) is 1. The molecule has 2 aromatic heterocycles. The number of halogens is 1. The average molecular weight is 453 g/mol. The van der Waals surface area contributed by atoms with Crippen LogP contribution >= 0.6 is 11.6 Å². The first-order valence-electron chi connectivity index (χ1n) is 10.3. The Hall–Kier alpha value is -3.43. The van der Waals surface area contributed by atoms with Gasteiger partial charge in [-0.15, -0.1) is 5.10 Å². The third kappa shape index (κ3) is 3.59. The number of hydrogen-bond donors (Lipinski definition) is 1. The van der Waals surface area contributed by atoms with Crippen molar-refractivity contribution in [1.82, 2.24) is 19.2 Å². The molecule has 1 amide bonds. The molecule has 0 unspecified atom stereocenters. The molecule has 4 aromatic rings. The van der Waals surface area contributed by atoms with E-state index in [1.165, 1.54) is 9.08 Å². The molecule has 0 radical (unpaired) electrons. The van der Waals surface area contributed by atoms with Crippen LogP contribution in [0.4, 0.5) is 11.5 Å². The van der Waals surface area contributed by atoms with Crippen molar-refractivity contribution in [2.24, 2.45) is 0 Å². The molecule has 1 aliphatic heterocycles. The molecule has 9 nitrogen and oxygen atoms in total. The number of morpholine rings is 1. The van der Waals surface area contributed by atoms with Crippen LogP contribution in [-0.2, 0) is 16.1 Å². The second-order valence-corrected chi connectivity index (χ2v) is 7.99. The Labute approximate surface area is 188 Å². The van der Waals surface area contributed by atoms with Gasteiger partial charge in [-0.1, -0.05) is 29.8 Å². The monoisotopic (exact) mass is 452 g/mol. The zero-order valence-electron chi connectivity index (χ0n) is 17.4. The van der Waals surface area contributed by atoms with Crippen molar-refractivity contribution >= 4 is 45.7 Å². The van der Waals surface area contributed by atoms with Crippen LogP contribution in [0.1, 0.15) is 5.56 Å². The Morgan fingerprint density at radius 1 is 1.16 bits per heavy atom. The molecule has 0 atom stereocenters. The second kappa shape index (κ2) is 8.25. The van der Waals surface area contributed by atoms with Gasteiger partial charge in [0.1, 0.15) is 6.54 Å². The van der Waals surface area contributed by atoms with Gasteiger partial charge in [0, 0.05) is 23.8 Å². The number of nitrogens with zero attached hydrogens (tertiary/aromatic N) is 5. The van der Waals surface area contributed by atoms with Crippen molar-refractivity contribution in [3.8, 4) is 0 Å². The van der Waals surface area contributed by atoms with Crippen LogP contribution in [0.15, 0.2) is 47.3 Å². The van der Waals surface area contributed by atoms with E-state index in [2.05, 4.69) is 15.3 Å². The summed E-state index contributed by atoms with van der Waals surface area (Å²) in [4.78, 5) is 32.8. The van der Waals surface area contributed by atoms with Gasteiger partial charge in [0.05, 0.1) is 24.2 Å². The minimum Gasteiger partial charge on any atom is -0.378 e. The Morgan fingerprint density at radius 3 is 2.75 bits per heavy atom. The Kier molecular flexibility index (Phi) is 5.28. The predicted molar refractivity (Wildman–Crippen MR) is 123 cm³/mol. The number of aromatic nitrogens is 4. The standard InChI is InChI=1S/C22H21ClN6O3/c1-14-15(23)5-4-7-16(14)24-19(30)13-28-22(31)29-18-8-3-2-6-17(18)25-20(21(29)26-28)27-9-11-32-12-10-27/h2-8H,9-13H2,1H3,(H,24,30). The molecule has 1 N–H and O–H groups in total. The molecule has 164 valence electrons. The molecule has 0 bridgehead atoms. The average Bonchev–Trinajstić information content (AvgIpc) is 3.13. The van der Waals surface area contributed by atoms with Crippen molar-refractivity contribution in [3.63, 3.8) is 0 Å². The maximum Gasteiger partial charge on any atom is 0.351 e. The molecule has 0 aliphatic carbocycles. The smallest absolute Gasteiger partial charge is 0.351 e. The molecular formula is C22H21ClN6O3. The number of ether oxygens (including phenoxy) is 1. The molecule has 1 aliphatic rings. The van der Waals surface area contributed by atoms with E-state index in [9.17, 15) is 9.59 Å². The zero-order valence-corrected chi connectivity index (χ0v) is 18.2. The molecule has 0 spiro atoms. The number of benzene rings is 2. The second-order valence-electron chi connectivity index (χ2n) is 7.58. The van der Waals surface area contributed by atoms with Crippen LogP contribution in [0.25, 0.3) is 16.7 Å². The van der Waals surface area contributed by atoms with Gasteiger partial charge in [0.2, 0.25) is 11.6 Å². The minimum atomic E-state index is -0.397. The molecule has 1 fully saturated rings. The lowest BCUT2D eigenvalue weighted by Crippen LogP contribution is -2.37. The summed E-state index contributed by atoms with van der Waals surface area (Å²) in [7, 11) is 0. The summed E-state index contributed by atoms with van der Waals surface area (Å²) in [6.45, 7) is 4.04. The first-order valence-corrected chi connectivity index (χ1v) is 10.7. The summed E-state index contributed by atoms with van der Waals surface area (Å²) in [6.07, 6.45) is 0. The highest BCUT2D eigenvalue weighted by atomic mass is 35.5. The zero-order chi connectivity index (χ0) is 22.2. The lowest BCUT2D eigenvalue weighted by atomic mass is 10.2.